The van der Waals surface area contributed by atoms with Gasteiger partial charge in [-0.15, -0.1) is 0 Å². The van der Waals surface area contributed by atoms with Crippen LogP contribution < -0.4 is 0 Å². The van der Waals surface area contributed by atoms with Crippen molar-refractivity contribution >= 4 is 11.8 Å². The monoisotopic (exact) mass is 366 g/mol. The molecule has 0 saturated carbocycles. The van der Waals surface area contributed by atoms with Crippen molar-refractivity contribution in [2.75, 3.05) is 19.6 Å². The van der Waals surface area contributed by atoms with E-state index in [-0.39, 0.29) is 35.9 Å². The first-order chi connectivity index (χ1) is 13.1. The maximum Gasteiger partial charge on any atom is 0.274 e. The Hall–Kier alpha value is -2.96. The number of rotatable bonds is 3. The number of amides is 2. The molecule has 5 rings (SSSR count). The third kappa shape index (κ3) is 3.77. The third-order valence-electron chi connectivity index (χ3n) is 5.37. The van der Waals surface area contributed by atoms with Crippen molar-refractivity contribution < 1.29 is 14.7 Å². The summed E-state index contributed by atoms with van der Waals surface area (Å²) in [6.45, 7) is 1.84. The fraction of sp³-hybridized carbons (Fsp3) is 0.400. The summed E-state index contributed by atoms with van der Waals surface area (Å²) in [6.07, 6.45) is 6.73. The van der Waals surface area contributed by atoms with Gasteiger partial charge in [-0.3, -0.25) is 14.6 Å². The molecule has 0 spiro atoms. The minimum atomic E-state index is -0.123. The number of benzene rings is 1. The van der Waals surface area contributed by atoms with Gasteiger partial charge in [-0.25, -0.2) is 4.98 Å². The van der Waals surface area contributed by atoms with Crippen LogP contribution in [0.5, 0.6) is 5.75 Å². The molecule has 1 aromatic carbocycles. The lowest BCUT2D eigenvalue weighted by molar-refractivity contribution is -0.134. The van der Waals surface area contributed by atoms with Gasteiger partial charge < -0.3 is 14.9 Å². The number of aromatic nitrogens is 2. The molecular weight excluding hydrogens is 344 g/mol. The summed E-state index contributed by atoms with van der Waals surface area (Å²) in [4.78, 5) is 37.5. The van der Waals surface area contributed by atoms with E-state index in [1.807, 2.05) is 15.9 Å². The number of phenols is 1. The Morgan fingerprint density at radius 3 is 2.81 bits per heavy atom. The second-order valence-corrected chi connectivity index (χ2v) is 7.29. The first kappa shape index (κ1) is 17.5. The normalized spacial score (nSPS) is 21.8. The summed E-state index contributed by atoms with van der Waals surface area (Å²) in [5, 5.41) is 9.61. The van der Waals surface area contributed by atoms with Crippen LogP contribution in [0, 0.1) is 5.92 Å². The lowest BCUT2D eigenvalue weighted by Crippen LogP contribution is -2.48. The molecule has 0 radical (unpaired) electrons. The molecule has 1 N–H and O–H groups in total. The lowest BCUT2D eigenvalue weighted by Gasteiger charge is -2.36. The third-order valence-corrected chi connectivity index (χ3v) is 5.37. The van der Waals surface area contributed by atoms with E-state index in [1.165, 1.54) is 12.4 Å². The number of carbonyl (C=O) groups is 2. The van der Waals surface area contributed by atoms with Crippen molar-refractivity contribution in [3.63, 3.8) is 0 Å². The van der Waals surface area contributed by atoms with Crippen LogP contribution in [0.3, 0.4) is 0 Å². The Balaban J connectivity index is 1.48. The van der Waals surface area contributed by atoms with Crippen molar-refractivity contribution in [1.82, 2.24) is 19.8 Å². The highest BCUT2D eigenvalue weighted by atomic mass is 16.3. The summed E-state index contributed by atoms with van der Waals surface area (Å²) in [7, 11) is 0. The highest BCUT2D eigenvalue weighted by Crippen LogP contribution is 2.29. The van der Waals surface area contributed by atoms with Crippen LogP contribution >= 0.6 is 0 Å². The average Bonchev–Trinajstić information content (AvgIpc) is 3.00. The van der Waals surface area contributed by atoms with Crippen LogP contribution in [0.25, 0.3) is 0 Å². The van der Waals surface area contributed by atoms with E-state index in [0.717, 1.165) is 18.4 Å². The van der Waals surface area contributed by atoms with Crippen molar-refractivity contribution in [2.24, 2.45) is 5.92 Å². The number of piperidine rings is 1. The molecule has 0 unspecified atom stereocenters. The van der Waals surface area contributed by atoms with Crippen LogP contribution in [-0.4, -0.2) is 62.4 Å². The van der Waals surface area contributed by atoms with E-state index in [1.54, 1.807) is 24.4 Å². The predicted octanol–water partition coefficient (Wildman–Crippen LogP) is 1.49. The molecule has 7 heteroatoms. The second kappa shape index (κ2) is 7.34. The predicted molar refractivity (Wildman–Crippen MR) is 98.0 cm³/mol. The molecule has 140 valence electrons. The Morgan fingerprint density at radius 1 is 1.15 bits per heavy atom. The summed E-state index contributed by atoms with van der Waals surface area (Å²) in [5.74, 6) is 0.363. The van der Waals surface area contributed by atoms with Crippen LogP contribution in [-0.2, 0) is 11.2 Å². The highest BCUT2D eigenvalue weighted by molar-refractivity contribution is 5.92. The van der Waals surface area contributed by atoms with Crippen molar-refractivity contribution in [2.45, 2.75) is 25.3 Å². The number of hydrogen-bond acceptors (Lipinski definition) is 5. The Morgan fingerprint density at radius 2 is 2.04 bits per heavy atom. The van der Waals surface area contributed by atoms with Crippen molar-refractivity contribution in [3.8, 4) is 5.75 Å². The first-order valence-corrected chi connectivity index (χ1v) is 9.23. The summed E-state index contributed by atoms with van der Waals surface area (Å²) in [5.41, 5.74) is 1.14. The number of hydrogen-bond donors (Lipinski definition) is 1. The molecule has 3 aliphatic heterocycles. The number of aromatic hydroxyl groups is 1. The zero-order valence-corrected chi connectivity index (χ0v) is 15.0. The molecule has 4 heterocycles. The summed E-state index contributed by atoms with van der Waals surface area (Å²) in [6, 6.07) is 6.83. The quantitative estimate of drug-likeness (QED) is 0.889. The molecule has 0 aliphatic carbocycles. The number of phenolic OH excluding ortho intramolecular Hbond substituents is 1. The fourth-order valence-electron chi connectivity index (χ4n) is 4.07. The Labute approximate surface area is 157 Å². The first-order valence-electron chi connectivity index (χ1n) is 9.23. The van der Waals surface area contributed by atoms with Crippen LogP contribution in [0.4, 0.5) is 0 Å². The Kier molecular flexibility index (Phi) is 4.75. The molecule has 1 aromatic heterocycles. The van der Waals surface area contributed by atoms with Gasteiger partial charge in [0.05, 0.1) is 12.6 Å². The number of nitrogens with zero attached hydrogens (tertiary/aromatic N) is 4. The van der Waals surface area contributed by atoms with E-state index in [2.05, 4.69) is 9.97 Å². The fourth-order valence-corrected chi connectivity index (χ4v) is 4.07. The van der Waals surface area contributed by atoms with E-state index in [9.17, 15) is 14.7 Å². The van der Waals surface area contributed by atoms with Crippen molar-refractivity contribution in [1.29, 1.82) is 0 Å². The van der Waals surface area contributed by atoms with Gasteiger partial charge in [0, 0.05) is 38.1 Å². The van der Waals surface area contributed by atoms with Gasteiger partial charge in [0.15, 0.2) is 0 Å². The molecule has 2 bridgehead atoms. The van der Waals surface area contributed by atoms with Gasteiger partial charge >= 0.3 is 0 Å². The van der Waals surface area contributed by atoms with Gasteiger partial charge in [0.2, 0.25) is 5.91 Å². The summed E-state index contributed by atoms with van der Waals surface area (Å²) >= 11 is 0. The lowest BCUT2D eigenvalue weighted by atomic mass is 9.94. The van der Waals surface area contributed by atoms with Gasteiger partial charge in [0.1, 0.15) is 11.4 Å². The van der Waals surface area contributed by atoms with E-state index >= 15 is 0 Å². The zero-order valence-electron chi connectivity index (χ0n) is 15.0. The average molecular weight is 366 g/mol. The van der Waals surface area contributed by atoms with Gasteiger partial charge in [-0.1, -0.05) is 12.1 Å². The second-order valence-electron chi connectivity index (χ2n) is 7.29. The minimum absolute atomic E-state index is 0.0224. The standard InChI is InChI=1S/C20H22N4O3/c25-17-3-1-2-14(8-17)9-19(26)24-12-15-4-5-16(24)13-23(11-15)20(27)18-10-21-6-7-22-18/h1-3,6-8,10,15-16,25H,4-5,9,11-13H2/t15-,16+/m0/s1. The molecule has 2 atom stereocenters. The molecule has 2 amide bonds. The topological polar surface area (TPSA) is 86.6 Å². The summed E-state index contributed by atoms with van der Waals surface area (Å²) < 4.78 is 0. The maximum absolute atomic E-state index is 12.9. The zero-order chi connectivity index (χ0) is 18.8. The molecule has 3 saturated heterocycles. The highest BCUT2D eigenvalue weighted by Gasteiger charge is 2.38. The van der Waals surface area contributed by atoms with Gasteiger partial charge in [-0.2, -0.15) is 0 Å². The molecule has 2 aromatic rings. The van der Waals surface area contributed by atoms with Gasteiger partial charge in [-0.05, 0) is 36.5 Å². The van der Waals surface area contributed by atoms with Crippen LogP contribution in [0.1, 0.15) is 28.9 Å². The minimum Gasteiger partial charge on any atom is -0.508 e. The molecule has 3 fully saturated rings. The van der Waals surface area contributed by atoms with Gasteiger partial charge in [0.25, 0.3) is 5.91 Å². The van der Waals surface area contributed by atoms with Crippen LogP contribution in [0.2, 0.25) is 0 Å². The molecule has 3 aliphatic rings. The van der Waals surface area contributed by atoms with E-state index < -0.39 is 0 Å². The SMILES string of the molecule is O=C(c1cnccn1)N1C[C@@H]2CC[C@H](C1)N(C(=O)Cc1cccc(O)c1)C2. The molecule has 7 nitrogen and oxygen atoms in total. The van der Waals surface area contributed by atoms with Crippen molar-refractivity contribution in [3.05, 3.63) is 54.1 Å². The van der Waals surface area contributed by atoms with Crippen LogP contribution in [0.15, 0.2) is 42.9 Å². The molecule has 27 heavy (non-hydrogen) atoms. The number of carbonyl (C=O) groups excluding carboxylic acids is 2. The number of fused-ring (bicyclic) bond motifs is 4. The smallest absolute Gasteiger partial charge is 0.274 e. The van der Waals surface area contributed by atoms with E-state index in [0.29, 0.717) is 25.3 Å². The molecular formula is C20H22N4O3. The Bertz CT molecular complexity index is 842. The maximum atomic E-state index is 12.9. The largest absolute Gasteiger partial charge is 0.508 e. The van der Waals surface area contributed by atoms with E-state index in [4.69, 9.17) is 0 Å².